The normalized spacial score (nSPS) is 11.6. The molecule has 1 N–H and O–H groups in total. The van der Waals surface area contributed by atoms with Crippen LogP contribution in [0.3, 0.4) is 0 Å². The predicted molar refractivity (Wildman–Crippen MR) is 75.8 cm³/mol. The predicted octanol–water partition coefficient (Wildman–Crippen LogP) is 1.80. The Hall–Kier alpha value is -1.80. The average molecular weight is 295 g/mol. The lowest BCUT2D eigenvalue weighted by Gasteiger charge is -2.22. The lowest BCUT2D eigenvalue weighted by atomic mass is 10.1. The highest BCUT2D eigenvalue weighted by atomic mass is 32.1. The molecule has 0 saturated carbocycles. The summed E-state index contributed by atoms with van der Waals surface area (Å²) < 4.78 is 10.8. The summed E-state index contributed by atoms with van der Waals surface area (Å²) in [7, 11) is 1.69. The minimum absolute atomic E-state index is 0.193. The fourth-order valence-corrected chi connectivity index (χ4v) is 1.93. The van der Waals surface area contributed by atoms with E-state index < -0.39 is 0 Å². The van der Waals surface area contributed by atoms with Crippen LogP contribution in [-0.4, -0.2) is 38.0 Å². The van der Waals surface area contributed by atoms with Crippen LogP contribution in [0, 0.1) is 0 Å². The number of hydrogen-bond donors (Lipinski definition) is 1. The molecule has 2 heterocycles. The molecule has 1 amide bonds. The Morgan fingerprint density at radius 1 is 1.55 bits per heavy atom. The van der Waals surface area contributed by atoms with Gasteiger partial charge in [-0.1, -0.05) is 4.49 Å². The van der Waals surface area contributed by atoms with Crippen molar-refractivity contribution >= 4 is 23.1 Å². The molecule has 0 aliphatic rings. The maximum Gasteiger partial charge on any atom is 0.277 e. The molecule has 2 aromatic rings. The van der Waals surface area contributed by atoms with E-state index in [1.54, 1.807) is 29.6 Å². The van der Waals surface area contributed by atoms with E-state index in [1.807, 2.05) is 13.8 Å². The number of carbonyl (C=O) groups excluding carboxylic acids is 1. The SMILES string of the molecule is COC(C)(C)CCn1cc(NC(=O)c2csnn2)cn1. The summed E-state index contributed by atoms with van der Waals surface area (Å²) in [5, 5.41) is 12.2. The van der Waals surface area contributed by atoms with Crippen LogP contribution in [0.5, 0.6) is 0 Å². The van der Waals surface area contributed by atoms with Gasteiger partial charge >= 0.3 is 0 Å². The average Bonchev–Trinajstić information content (AvgIpc) is 3.08. The van der Waals surface area contributed by atoms with Gasteiger partial charge in [0.2, 0.25) is 0 Å². The van der Waals surface area contributed by atoms with Crippen molar-refractivity contribution in [3.05, 3.63) is 23.5 Å². The summed E-state index contributed by atoms with van der Waals surface area (Å²) in [6, 6.07) is 0. The van der Waals surface area contributed by atoms with E-state index >= 15 is 0 Å². The molecule has 108 valence electrons. The molecule has 0 unspecified atom stereocenters. The fraction of sp³-hybridized carbons (Fsp3) is 0.500. The first-order valence-electron chi connectivity index (χ1n) is 6.16. The van der Waals surface area contributed by atoms with E-state index in [2.05, 4.69) is 20.0 Å². The number of ether oxygens (including phenoxy) is 1. The Labute approximate surface area is 121 Å². The highest BCUT2D eigenvalue weighted by molar-refractivity contribution is 7.03. The molecule has 8 heteroatoms. The Bertz CT molecular complexity index is 564. The van der Waals surface area contributed by atoms with Crippen molar-refractivity contribution in [1.82, 2.24) is 19.4 Å². The fourth-order valence-electron chi connectivity index (χ4n) is 1.49. The van der Waals surface area contributed by atoms with Crippen LogP contribution in [0.25, 0.3) is 0 Å². The van der Waals surface area contributed by atoms with Gasteiger partial charge in [0.15, 0.2) is 5.69 Å². The molecular formula is C12H17N5O2S. The minimum Gasteiger partial charge on any atom is -0.379 e. The number of aromatic nitrogens is 4. The first-order chi connectivity index (χ1) is 9.50. The van der Waals surface area contributed by atoms with Crippen molar-refractivity contribution in [2.75, 3.05) is 12.4 Å². The third-order valence-corrected chi connectivity index (χ3v) is 3.48. The van der Waals surface area contributed by atoms with E-state index in [-0.39, 0.29) is 11.5 Å². The van der Waals surface area contributed by atoms with Gasteiger partial charge in [0.05, 0.1) is 17.5 Å². The first-order valence-corrected chi connectivity index (χ1v) is 7.00. The molecule has 0 aliphatic heterocycles. The van der Waals surface area contributed by atoms with Gasteiger partial charge in [-0.25, -0.2) is 0 Å². The largest absolute Gasteiger partial charge is 0.379 e. The molecule has 0 aliphatic carbocycles. The number of rotatable bonds is 6. The van der Waals surface area contributed by atoms with Gasteiger partial charge in [-0.15, -0.1) is 5.10 Å². The molecule has 20 heavy (non-hydrogen) atoms. The standard InChI is InChI=1S/C12H17N5O2S/c1-12(2,19-3)4-5-17-7-9(6-13-17)14-11(18)10-8-20-16-15-10/h6-8H,4-5H2,1-3H3,(H,14,18). The van der Waals surface area contributed by atoms with Gasteiger partial charge in [0.25, 0.3) is 5.91 Å². The Balaban J connectivity index is 1.91. The number of anilines is 1. The van der Waals surface area contributed by atoms with Crippen molar-refractivity contribution < 1.29 is 9.53 Å². The number of aryl methyl sites for hydroxylation is 1. The van der Waals surface area contributed by atoms with E-state index in [0.29, 0.717) is 11.4 Å². The number of nitrogens with one attached hydrogen (secondary N) is 1. The summed E-state index contributed by atoms with van der Waals surface area (Å²) >= 11 is 1.14. The monoisotopic (exact) mass is 295 g/mol. The summed E-state index contributed by atoms with van der Waals surface area (Å²) in [4.78, 5) is 11.8. The summed E-state index contributed by atoms with van der Waals surface area (Å²) in [6.45, 7) is 4.76. The van der Waals surface area contributed by atoms with Gasteiger partial charge in [0, 0.05) is 25.2 Å². The van der Waals surface area contributed by atoms with Gasteiger partial charge < -0.3 is 10.1 Å². The molecular weight excluding hydrogens is 278 g/mol. The van der Waals surface area contributed by atoms with Crippen LogP contribution in [0.2, 0.25) is 0 Å². The highest BCUT2D eigenvalue weighted by Crippen LogP contribution is 2.15. The van der Waals surface area contributed by atoms with E-state index in [9.17, 15) is 4.79 Å². The molecule has 0 spiro atoms. The first kappa shape index (κ1) is 14.6. The van der Waals surface area contributed by atoms with E-state index in [0.717, 1.165) is 24.5 Å². The molecule has 0 bridgehead atoms. The molecule has 0 saturated heterocycles. The smallest absolute Gasteiger partial charge is 0.277 e. The molecule has 0 radical (unpaired) electrons. The third-order valence-electron chi connectivity index (χ3n) is 2.98. The summed E-state index contributed by atoms with van der Waals surface area (Å²) in [5.74, 6) is -0.282. The zero-order valence-electron chi connectivity index (χ0n) is 11.7. The molecule has 0 atom stereocenters. The molecule has 0 fully saturated rings. The van der Waals surface area contributed by atoms with Crippen LogP contribution in [-0.2, 0) is 11.3 Å². The van der Waals surface area contributed by atoms with Crippen molar-refractivity contribution in [2.45, 2.75) is 32.4 Å². The Morgan fingerprint density at radius 2 is 2.35 bits per heavy atom. The van der Waals surface area contributed by atoms with E-state index in [1.165, 1.54) is 0 Å². The van der Waals surface area contributed by atoms with Crippen LogP contribution in [0.4, 0.5) is 5.69 Å². The summed E-state index contributed by atoms with van der Waals surface area (Å²) in [5.41, 5.74) is 0.753. The molecule has 0 aromatic carbocycles. The second-order valence-electron chi connectivity index (χ2n) is 4.95. The van der Waals surface area contributed by atoms with Crippen LogP contribution in [0.15, 0.2) is 17.8 Å². The molecule has 2 rings (SSSR count). The van der Waals surface area contributed by atoms with Crippen molar-refractivity contribution in [3.8, 4) is 0 Å². The molecule has 2 aromatic heterocycles. The lowest BCUT2D eigenvalue weighted by molar-refractivity contribution is 0.0113. The summed E-state index contributed by atoms with van der Waals surface area (Å²) in [6.07, 6.45) is 4.22. The van der Waals surface area contributed by atoms with Crippen LogP contribution >= 0.6 is 11.5 Å². The number of carbonyl (C=O) groups is 1. The number of methoxy groups -OCH3 is 1. The highest BCUT2D eigenvalue weighted by Gasteiger charge is 2.16. The quantitative estimate of drug-likeness (QED) is 0.878. The maximum absolute atomic E-state index is 11.8. The van der Waals surface area contributed by atoms with Gasteiger partial charge in [-0.05, 0) is 31.8 Å². The maximum atomic E-state index is 11.8. The number of amides is 1. The Kier molecular flexibility index (Phi) is 4.46. The zero-order chi connectivity index (χ0) is 14.6. The second-order valence-corrected chi connectivity index (χ2v) is 5.56. The lowest BCUT2D eigenvalue weighted by Crippen LogP contribution is -2.24. The van der Waals surface area contributed by atoms with Crippen LogP contribution in [0.1, 0.15) is 30.8 Å². The van der Waals surface area contributed by atoms with Gasteiger partial charge in [-0.3, -0.25) is 9.48 Å². The van der Waals surface area contributed by atoms with Crippen LogP contribution < -0.4 is 5.32 Å². The number of nitrogens with zero attached hydrogens (tertiary/aromatic N) is 4. The second kappa shape index (κ2) is 6.10. The van der Waals surface area contributed by atoms with Crippen molar-refractivity contribution in [2.24, 2.45) is 0 Å². The van der Waals surface area contributed by atoms with Crippen molar-refractivity contribution in [3.63, 3.8) is 0 Å². The topological polar surface area (TPSA) is 81.9 Å². The zero-order valence-corrected chi connectivity index (χ0v) is 12.5. The minimum atomic E-state index is -0.282. The van der Waals surface area contributed by atoms with Gasteiger partial charge in [0.1, 0.15) is 0 Å². The van der Waals surface area contributed by atoms with Crippen molar-refractivity contribution in [1.29, 1.82) is 0 Å². The molecule has 7 nitrogen and oxygen atoms in total. The third kappa shape index (κ3) is 3.84. The van der Waals surface area contributed by atoms with E-state index in [4.69, 9.17) is 4.74 Å². The Morgan fingerprint density at radius 3 is 3.00 bits per heavy atom. The number of hydrogen-bond acceptors (Lipinski definition) is 6. The van der Waals surface area contributed by atoms with Gasteiger partial charge in [-0.2, -0.15) is 5.10 Å².